The van der Waals surface area contributed by atoms with E-state index in [4.69, 9.17) is 4.74 Å². The van der Waals surface area contributed by atoms with Crippen LogP contribution in [-0.2, 0) is 22.6 Å². The minimum absolute atomic E-state index is 0.0409. The molecule has 190 valence electrons. The van der Waals surface area contributed by atoms with Crippen LogP contribution < -0.4 is 10.1 Å². The first-order valence-corrected chi connectivity index (χ1v) is 12.5. The van der Waals surface area contributed by atoms with Crippen molar-refractivity contribution in [1.82, 2.24) is 10.2 Å². The summed E-state index contributed by atoms with van der Waals surface area (Å²) in [5.74, 6) is 0.301. The Labute approximate surface area is 215 Å². The van der Waals surface area contributed by atoms with Gasteiger partial charge in [-0.15, -0.1) is 0 Å². The fourth-order valence-corrected chi connectivity index (χ4v) is 4.31. The molecule has 1 N–H and O–H groups in total. The van der Waals surface area contributed by atoms with Crippen molar-refractivity contribution in [2.75, 3.05) is 6.61 Å². The van der Waals surface area contributed by atoms with E-state index in [9.17, 15) is 9.59 Å². The number of benzene rings is 3. The van der Waals surface area contributed by atoms with Crippen LogP contribution >= 0.6 is 0 Å². The van der Waals surface area contributed by atoms with E-state index in [1.54, 1.807) is 4.90 Å². The van der Waals surface area contributed by atoms with Gasteiger partial charge in [0, 0.05) is 19.0 Å². The minimum Gasteiger partial charge on any atom is -0.483 e. The second-order valence-corrected chi connectivity index (χ2v) is 9.87. The second kappa shape index (κ2) is 12.4. The lowest BCUT2D eigenvalue weighted by Gasteiger charge is -2.32. The van der Waals surface area contributed by atoms with Gasteiger partial charge in [-0.3, -0.25) is 9.59 Å². The molecular weight excluding hydrogens is 448 g/mol. The lowest BCUT2D eigenvalue weighted by atomic mass is 10.0. The minimum atomic E-state index is -0.674. The molecule has 36 heavy (non-hydrogen) atoms. The van der Waals surface area contributed by atoms with E-state index in [2.05, 4.69) is 17.4 Å². The molecule has 3 aromatic carbocycles. The summed E-state index contributed by atoms with van der Waals surface area (Å²) >= 11 is 0. The molecule has 3 aromatic rings. The molecule has 0 aromatic heterocycles. The van der Waals surface area contributed by atoms with Gasteiger partial charge >= 0.3 is 0 Å². The average molecular weight is 487 g/mol. The molecule has 0 heterocycles. The molecule has 0 fully saturated rings. The summed E-state index contributed by atoms with van der Waals surface area (Å²) in [6.07, 6.45) is 0.416. The summed E-state index contributed by atoms with van der Waals surface area (Å²) in [4.78, 5) is 28.8. The summed E-state index contributed by atoms with van der Waals surface area (Å²) in [5.41, 5.74) is 6.28. The van der Waals surface area contributed by atoms with E-state index in [1.807, 2.05) is 96.1 Å². The largest absolute Gasteiger partial charge is 0.483 e. The maximum absolute atomic E-state index is 13.7. The molecule has 0 saturated heterocycles. The van der Waals surface area contributed by atoms with Gasteiger partial charge in [0.1, 0.15) is 11.8 Å². The molecule has 1 atom stereocenters. The number of carbonyl (C=O) groups is 2. The Morgan fingerprint density at radius 3 is 2.22 bits per heavy atom. The molecule has 0 saturated carbocycles. The number of ether oxygens (including phenoxy) is 1. The van der Waals surface area contributed by atoms with Crippen molar-refractivity contribution in [2.24, 2.45) is 0 Å². The maximum Gasteiger partial charge on any atom is 0.261 e. The van der Waals surface area contributed by atoms with Gasteiger partial charge in [0.15, 0.2) is 6.61 Å². The van der Waals surface area contributed by atoms with Crippen molar-refractivity contribution in [2.45, 2.75) is 66.6 Å². The molecule has 2 amide bonds. The van der Waals surface area contributed by atoms with Crippen molar-refractivity contribution in [3.8, 4) is 5.75 Å². The topological polar surface area (TPSA) is 58.6 Å². The van der Waals surface area contributed by atoms with Gasteiger partial charge in [0.05, 0.1) is 0 Å². The smallest absolute Gasteiger partial charge is 0.261 e. The fraction of sp³-hybridized carbons (Fsp3) is 0.355. The van der Waals surface area contributed by atoms with Crippen molar-refractivity contribution in [1.29, 1.82) is 0 Å². The van der Waals surface area contributed by atoms with Crippen LogP contribution in [0.4, 0.5) is 0 Å². The van der Waals surface area contributed by atoms with E-state index >= 15 is 0 Å². The Balaban J connectivity index is 1.94. The zero-order valence-electron chi connectivity index (χ0n) is 22.3. The fourth-order valence-electron chi connectivity index (χ4n) is 4.31. The van der Waals surface area contributed by atoms with E-state index in [0.717, 1.165) is 33.4 Å². The SMILES string of the molecule is Cc1cccc(CN(C(=O)COc2cc(C)cc(C)c2C)[C@@H](Cc2ccccc2)C(=O)NC(C)C)c1. The molecule has 0 unspecified atom stereocenters. The van der Waals surface area contributed by atoms with Crippen LogP contribution in [0.15, 0.2) is 66.7 Å². The van der Waals surface area contributed by atoms with Crippen molar-refractivity contribution >= 4 is 11.8 Å². The number of hydrogen-bond acceptors (Lipinski definition) is 3. The van der Waals surface area contributed by atoms with Crippen molar-refractivity contribution < 1.29 is 14.3 Å². The molecule has 0 aliphatic carbocycles. The third-order valence-electron chi connectivity index (χ3n) is 6.25. The summed E-state index contributed by atoms with van der Waals surface area (Å²) in [7, 11) is 0. The lowest BCUT2D eigenvalue weighted by Crippen LogP contribution is -2.52. The summed E-state index contributed by atoms with van der Waals surface area (Å²) in [5, 5.41) is 3.02. The highest BCUT2D eigenvalue weighted by atomic mass is 16.5. The molecule has 5 nitrogen and oxygen atoms in total. The van der Waals surface area contributed by atoms with Gasteiger partial charge in [-0.1, -0.05) is 66.2 Å². The van der Waals surface area contributed by atoms with Crippen LogP contribution in [0.25, 0.3) is 0 Å². The highest BCUT2D eigenvalue weighted by Crippen LogP contribution is 2.24. The molecule has 0 spiro atoms. The number of amides is 2. The molecule has 0 aliphatic heterocycles. The normalized spacial score (nSPS) is 11.8. The van der Waals surface area contributed by atoms with Gasteiger partial charge < -0.3 is 15.0 Å². The first-order valence-electron chi connectivity index (χ1n) is 12.5. The van der Waals surface area contributed by atoms with Crippen LogP contribution in [0.1, 0.15) is 47.2 Å². The van der Waals surface area contributed by atoms with E-state index < -0.39 is 6.04 Å². The molecule has 0 bridgehead atoms. The number of aryl methyl sites for hydroxylation is 3. The predicted octanol–water partition coefficient (Wildman–Crippen LogP) is 5.46. The Kier molecular flexibility index (Phi) is 9.29. The zero-order valence-corrected chi connectivity index (χ0v) is 22.3. The maximum atomic E-state index is 13.7. The highest BCUT2D eigenvalue weighted by molar-refractivity contribution is 5.88. The number of nitrogens with one attached hydrogen (secondary N) is 1. The van der Waals surface area contributed by atoms with Crippen LogP contribution in [0.3, 0.4) is 0 Å². The van der Waals surface area contributed by atoms with Gasteiger partial charge in [-0.05, 0) is 75.4 Å². The number of carbonyl (C=O) groups excluding carboxylic acids is 2. The number of hydrogen-bond donors (Lipinski definition) is 1. The number of nitrogens with zero attached hydrogens (tertiary/aromatic N) is 1. The zero-order chi connectivity index (χ0) is 26.2. The Hall–Kier alpha value is -3.60. The van der Waals surface area contributed by atoms with Gasteiger partial charge in [-0.2, -0.15) is 0 Å². The van der Waals surface area contributed by atoms with Crippen LogP contribution in [0, 0.1) is 27.7 Å². The second-order valence-electron chi connectivity index (χ2n) is 9.87. The Morgan fingerprint density at radius 2 is 1.56 bits per heavy atom. The van der Waals surface area contributed by atoms with Gasteiger partial charge in [0.25, 0.3) is 5.91 Å². The van der Waals surface area contributed by atoms with Crippen molar-refractivity contribution in [3.63, 3.8) is 0 Å². The summed E-state index contributed by atoms with van der Waals surface area (Å²) < 4.78 is 6.04. The lowest BCUT2D eigenvalue weighted by molar-refractivity contribution is -0.143. The molecule has 0 radical (unpaired) electrons. The van der Waals surface area contributed by atoms with Gasteiger partial charge in [-0.25, -0.2) is 0 Å². The number of rotatable bonds is 10. The predicted molar refractivity (Wildman–Crippen MR) is 145 cm³/mol. The summed E-state index contributed by atoms with van der Waals surface area (Å²) in [6.45, 7) is 12.1. The third-order valence-corrected chi connectivity index (χ3v) is 6.25. The summed E-state index contributed by atoms with van der Waals surface area (Å²) in [6, 6.07) is 21.2. The first-order chi connectivity index (χ1) is 17.1. The molecular formula is C31H38N2O3. The molecule has 3 rings (SSSR count). The molecule has 0 aliphatic rings. The monoisotopic (exact) mass is 486 g/mol. The van der Waals surface area contributed by atoms with Crippen molar-refractivity contribution in [3.05, 3.63) is 100 Å². The van der Waals surface area contributed by atoms with Crippen LogP contribution in [0.2, 0.25) is 0 Å². The highest BCUT2D eigenvalue weighted by Gasteiger charge is 2.31. The Morgan fingerprint density at radius 1 is 0.861 bits per heavy atom. The first kappa shape index (κ1) is 27.0. The standard InChI is InChI=1S/C31H38N2O3/c1-21(2)32-31(35)28(18-26-12-8-7-9-13-26)33(19-27-14-10-11-22(3)16-27)30(34)20-36-29-17-23(4)15-24(5)25(29)6/h7-17,21,28H,18-20H2,1-6H3,(H,32,35)/t28-/m0/s1. The van der Waals surface area contributed by atoms with E-state index in [1.165, 1.54) is 0 Å². The Bertz CT molecular complexity index is 1190. The average Bonchev–Trinajstić information content (AvgIpc) is 2.82. The quantitative estimate of drug-likeness (QED) is 0.414. The molecule has 5 heteroatoms. The van der Waals surface area contributed by atoms with E-state index in [0.29, 0.717) is 18.7 Å². The van der Waals surface area contributed by atoms with E-state index in [-0.39, 0.29) is 24.5 Å². The van der Waals surface area contributed by atoms with Gasteiger partial charge in [0.2, 0.25) is 5.91 Å². The van der Waals surface area contributed by atoms with Crippen LogP contribution in [-0.4, -0.2) is 35.4 Å². The van der Waals surface area contributed by atoms with Crippen LogP contribution in [0.5, 0.6) is 5.75 Å². The third kappa shape index (κ3) is 7.45.